The standard InChI is InChI=1S/C59H65N8O14.Rb/c1-25(2)16-39(67(8)9)55(75)66-51-53(73)33-12-15-43(27(4)18-33)81-45-21-34-20-44(30(45)7)80-42-14-11-31(17-26(42)3)28(5)48-56(76)62-38(24-68)35-22-41(70)29(6)52(72)47(35)36-19-32(10-13-40(36)69)49(57(77)63-48)65-58(78)50(34)64-54(74)37(23-46(60)71)61-59(51)79;/h10-15,17-22,25,28,37-39,48-51,53,69-70,72-73H,16,23H2,1-9H3,(H2,60,71)(H,61,79)(H,62,76)(H,63,77)(H,64,74)(H,65,78)(H,66,75);/q-1;+1. The number of ether oxygens (including phenoxy) is 2. The summed E-state index contributed by atoms with van der Waals surface area (Å²) in [7, 11) is 3.36. The third kappa shape index (κ3) is 13.0. The zero-order chi connectivity index (χ0) is 59.0. The average molecular weight is 1200 g/mol. The molecule has 5 heterocycles. The number of hydrogen-bond donors (Lipinski definition) is 11. The third-order valence-electron chi connectivity index (χ3n) is 15.0. The first-order chi connectivity index (χ1) is 38.3. The van der Waals surface area contributed by atoms with Crippen molar-refractivity contribution in [2.75, 3.05) is 14.1 Å². The predicted octanol–water partition coefficient (Wildman–Crippen LogP) is 1.06. The van der Waals surface area contributed by atoms with Crippen molar-refractivity contribution >= 4 is 47.6 Å². The normalized spacial score (nSPS) is 22.1. The number of hydrogen-bond acceptors (Lipinski definition) is 15. The zero-order valence-corrected chi connectivity index (χ0v) is 51.9. The van der Waals surface area contributed by atoms with Crippen LogP contribution in [0.25, 0.3) is 11.1 Å². The minimum absolute atomic E-state index is 0. The van der Waals surface area contributed by atoms with Crippen LogP contribution in [0.3, 0.4) is 0 Å². The van der Waals surface area contributed by atoms with Gasteiger partial charge in [-0.2, -0.15) is 0 Å². The maximum atomic E-state index is 15.6. The van der Waals surface area contributed by atoms with Gasteiger partial charge in [-0.25, -0.2) is 6.29 Å². The molecule has 5 aromatic carbocycles. The average Bonchev–Trinajstić information content (AvgIpc) is 3.60. The summed E-state index contributed by atoms with van der Waals surface area (Å²) < 4.78 is 13.2. The number of nitrogens with two attached hydrogens (primary N) is 1. The van der Waals surface area contributed by atoms with Crippen molar-refractivity contribution in [3.8, 4) is 51.4 Å². The van der Waals surface area contributed by atoms with Crippen molar-refractivity contribution in [2.24, 2.45) is 11.7 Å². The molecule has 5 aromatic rings. The van der Waals surface area contributed by atoms with Crippen LogP contribution in [0.4, 0.5) is 0 Å². The van der Waals surface area contributed by atoms with Crippen LogP contribution in [0.1, 0.15) is 114 Å². The van der Waals surface area contributed by atoms with Crippen molar-refractivity contribution in [1.82, 2.24) is 36.8 Å². The fourth-order valence-electron chi connectivity index (χ4n) is 10.3. The number of amides is 7. The van der Waals surface area contributed by atoms with Crippen LogP contribution < -0.4 is 105 Å². The van der Waals surface area contributed by atoms with Gasteiger partial charge in [-0.05, 0) is 148 Å². The Bertz CT molecular complexity index is 3410. The van der Waals surface area contributed by atoms with Gasteiger partial charge in [0.15, 0.2) is 0 Å². The first-order valence-corrected chi connectivity index (χ1v) is 26.2. The van der Waals surface area contributed by atoms with E-state index in [-0.39, 0.29) is 126 Å². The molecule has 10 rings (SSSR count). The van der Waals surface area contributed by atoms with E-state index in [0.29, 0.717) is 28.7 Å². The first-order valence-electron chi connectivity index (χ1n) is 26.2. The molecule has 0 aromatic heterocycles. The SMILES string of the molecule is Cc1cc2ccc1Oc1cc3cc(c1C)Oc1ccc(cc1C)C(O)C(NC(=O)C(CC(C)C)N(C)C)C(=O)NC(CC(N)=O)C(=O)NC3C(=O)NC1C(=O)NC(C(=O)NC([C-]=O)c3cc(O)c(C)c(O)c3-c3cc1ccc3O)C2C.[Rb+]. The quantitative estimate of drug-likeness (QED) is 0.0968. The second-order valence-corrected chi connectivity index (χ2v) is 21.5. The molecule has 0 saturated carbocycles. The summed E-state index contributed by atoms with van der Waals surface area (Å²) in [5.74, 6) is -8.82. The molecule has 0 radical (unpaired) electrons. The summed E-state index contributed by atoms with van der Waals surface area (Å²) in [5, 5.41) is 62.0. The van der Waals surface area contributed by atoms with E-state index in [4.69, 9.17) is 15.2 Å². The van der Waals surface area contributed by atoms with Crippen LogP contribution in [0, 0.1) is 33.6 Å². The first kappa shape index (κ1) is 62.4. The summed E-state index contributed by atoms with van der Waals surface area (Å²) >= 11 is 0. The van der Waals surface area contributed by atoms with Gasteiger partial charge in [-0.1, -0.05) is 45.0 Å². The van der Waals surface area contributed by atoms with Gasteiger partial charge in [0.2, 0.25) is 41.4 Å². The second kappa shape index (κ2) is 25.5. The Morgan fingerprint density at radius 3 is 1.84 bits per heavy atom. The molecule has 12 N–H and O–H groups in total. The number of carbonyl (C=O) groups is 7. The Kier molecular flexibility index (Phi) is 19.4. The van der Waals surface area contributed by atoms with Crippen molar-refractivity contribution in [1.29, 1.82) is 0 Å². The van der Waals surface area contributed by atoms with Crippen LogP contribution in [0.5, 0.6) is 40.2 Å². The Hall–Kier alpha value is -7.21. The van der Waals surface area contributed by atoms with Crippen molar-refractivity contribution < 1.29 is 126 Å². The van der Waals surface area contributed by atoms with Gasteiger partial charge in [0.25, 0.3) is 0 Å². The van der Waals surface area contributed by atoms with Crippen molar-refractivity contribution in [3.63, 3.8) is 0 Å². The molecule has 7 amide bonds. The number of fused-ring (bicyclic) bond motifs is 15. The minimum atomic E-state index is -1.91. The topological polar surface area (TPSA) is 337 Å². The van der Waals surface area contributed by atoms with Gasteiger partial charge < -0.3 is 72.3 Å². The number of likely N-dealkylation sites (N-methyl/N-ethyl adjacent to an activating group) is 1. The minimum Gasteiger partial charge on any atom is -0.540 e. The van der Waals surface area contributed by atoms with E-state index in [9.17, 15) is 49.2 Å². The largest absolute Gasteiger partial charge is 1.00 e. The molecule has 0 saturated heterocycles. The third-order valence-corrected chi connectivity index (χ3v) is 15.0. The van der Waals surface area contributed by atoms with Crippen molar-refractivity contribution in [2.45, 2.75) is 116 Å². The number of carbonyl (C=O) groups excluding carboxylic acids is 8. The molecule has 0 aliphatic carbocycles. The molecule has 0 fully saturated rings. The predicted molar refractivity (Wildman–Crippen MR) is 294 cm³/mol. The summed E-state index contributed by atoms with van der Waals surface area (Å²) in [6.45, 7) is 11.9. The summed E-state index contributed by atoms with van der Waals surface area (Å²) in [5.41, 5.74) is 6.93. The molecule has 23 heteroatoms. The van der Waals surface area contributed by atoms with Gasteiger partial charge in [-0.15, -0.1) is 0 Å². The molecule has 82 heavy (non-hydrogen) atoms. The Morgan fingerprint density at radius 1 is 0.683 bits per heavy atom. The molecular formula is C59H65N8O14Rb. The molecule has 0 spiro atoms. The molecule has 426 valence electrons. The summed E-state index contributed by atoms with van der Waals surface area (Å²) in [4.78, 5) is 117. The molecular weight excluding hydrogens is 1130 g/mol. The number of phenolic OH excluding ortho intramolecular Hbond substituents is 3. The fourth-order valence-corrected chi connectivity index (χ4v) is 10.3. The van der Waals surface area contributed by atoms with Gasteiger partial charge in [0.1, 0.15) is 76.6 Å². The van der Waals surface area contributed by atoms with E-state index in [2.05, 4.69) is 31.9 Å². The Morgan fingerprint density at radius 2 is 1.26 bits per heavy atom. The number of benzene rings is 5. The van der Waals surface area contributed by atoms with E-state index in [1.54, 1.807) is 77.2 Å². The maximum Gasteiger partial charge on any atom is 1.00 e. The number of aromatic hydroxyl groups is 3. The second-order valence-electron chi connectivity index (χ2n) is 21.5. The van der Waals surface area contributed by atoms with Gasteiger partial charge in [0.05, 0.1) is 12.5 Å². The summed E-state index contributed by atoms with van der Waals surface area (Å²) in [6, 6.07) is 5.84. The number of primary amides is 1. The number of aliphatic hydroxyl groups excluding tert-OH is 1. The smallest absolute Gasteiger partial charge is 0.540 e. The number of nitrogens with one attached hydrogen (secondary N) is 6. The van der Waals surface area contributed by atoms with Gasteiger partial charge in [-0.3, -0.25) is 38.5 Å². The molecule has 22 nitrogen and oxygen atoms in total. The zero-order valence-electron chi connectivity index (χ0n) is 47.0. The van der Waals surface area contributed by atoms with E-state index < -0.39 is 119 Å². The van der Waals surface area contributed by atoms with E-state index in [0.717, 1.165) is 12.1 Å². The van der Waals surface area contributed by atoms with Crippen LogP contribution in [0.15, 0.2) is 72.8 Å². The summed E-state index contributed by atoms with van der Waals surface area (Å²) in [6.07, 6.45) is -0.523. The number of phenols is 3. The van der Waals surface area contributed by atoms with Crippen LogP contribution in [0.2, 0.25) is 0 Å². The number of rotatable bonds is 8. The fraction of sp³-hybridized carbons (Fsp3) is 0.356. The van der Waals surface area contributed by atoms with Crippen LogP contribution in [-0.2, 0) is 38.4 Å². The van der Waals surface area contributed by atoms with Crippen molar-refractivity contribution in [3.05, 3.63) is 123 Å². The van der Waals surface area contributed by atoms with E-state index in [1.165, 1.54) is 43.3 Å². The van der Waals surface area contributed by atoms with E-state index >= 15 is 9.59 Å². The Labute approximate surface area is 522 Å². The van der Waals surface area contributed by atoms with Crippen LogP contribution >= 0.6 is 0 Å². The molecule has 5 aliphatic heterocycles. The number of aliphatic hydroxyl groups is 1. The van der Waals surface area contributed by atoms with Gasteiger partial charge >= 0.3 is 58.2 Å². The number of nitrogens with zero attached hydrogens (tertiary/aromatic N) is 1. The molecule has 9 unspecified atom stereocenters. The van der Waals surface area contributed by atoms with Gasteiger partial charge in [0, 0.05) is 28.2 Å². The van der Waals surface area contributed by atoms with Crippen LogP contribution in [-0.4, -0.2) is 111 Å². The molecule has 9 atom stereocenters. The maximum absolute atomic E-state index is 15.6. The van der Waals surface area contributed by atoms with E-state index in [1.807, 2.05) is 13.8 Å². The monoisotopic (exact) mass is 1190 g/mol. The number of aryl methyl sites for hydroxylation is 2. The Balaban J connectivity index is 0.00000968. The molecule has 5 aliphatic rings. The molecule has 11 bridgehead atoms.